The van der Waals surface area contributed by atoms with Gasteiger partial charge in [-0.15, -0.1) is 0 Å². The molecule has 8 heteroatoms. The van der Waals surface area contributed by atoms with E-state index in [2.05, 4.69) is 16.3 Å². The maximum atomic E-state index is 11.5. The summed E-state index contributed by atoms with van der Waals surface area (Å²) < 4.78 is 35.9. The lowest BCUT2D eigenvalue weighted by molar-refractivity contribution is -0.193. The van der Waals surface area contributed by atoms with Crippen LogP contribution >= 0.6 is 46.4 Å². The van der Waals surface area contributed by atoms with Crippen molar-refractivity contribution in [2.24, 2.45) is 0 Å². The maximum Gasteiger partial charge on any atom is 0.428 e. The van der Waals surface area contributed by atoms with Gasteiger partial charge in [-0.05, 0) is 0 Å². The molecule has 0 radical (unpaired) electrons. The smallest absolute Gasteiger partial charge is 0.305 e. The number of ether oxygens (including phenoxy) is 1. The molecule has 0 aliphatic carbocycles. The van der Waals surface area contributed by atoms with Crippen LogP contribution in [-0.4, -0.2) is 15.7 Å². The third-order valence-corrected chi connectivity index (χ3v) is 1.10. The number of alkyl halides is 7. The topological polar surface area (TPSA) is 9.23 Å². The Kier molecular flexibility index (Phi) is 4.06. The van der Waals surface area contributed by atoms with Gasteiger partial charge in [-0.1, -0.05) is 46.4 Å². The van der Waals surface area contributed by atoms with Crippen LogP contribution in [0.1, 0.15) is 0 Å². The fourth-order valence-corrected chi connectivity index (χ4v) is 0.722. The van der Waals surface area contributed by atoms with Gasteiger partial charge in [0, 0.05) is 0 Å². The Morgan fingerprint density at radius 3 is 1.55 bits per heavy atom. The number of hydrogen-bond acceptors (Lipinski definition) is 1. The predicted octanol–water partition coefficient (Wildman–Crippen LogP) is 3.46. The minimum atomic E-state index is -4.74. The first kappa shape index (κ1) is 11.9. The van der Waals surface area contributed by atoms with Gasteiger partial charge in [-0.2, -0.15) is 13.2 Å². The molecule has 0 saturated carbocycles. The molecule has 0 aromatic heterocycles. The van der Waals surface area contributed by atoms with Crippen LogP contribution in [0.5, 0.6) is 0 Å². The van der Waals surface area contributed by atoms with Gasteiger partial charge < -0.3 is 4.74 Å². The summed E-state index contributed by atoms with van der Waals surface area (Å²) in [5.41, 5.74) is -2.62. The molecule has 0 rings (SSSR count). The van der Waals surface area contributed by atoms with E-state index in [0.29, 0.717) is 0 Å². The average Bonchev–Trinajstić information content (AvgIpc) is 1.56. The largest absolute Gasteiger partial charge is 0.428 e. The molecule has 1 unspecified atom stereocenters. The van der Waals surface area contributed by atoms with Crippen molar-refractivity contribution in [2.75, 3.05) is 0 Å². The Bertz CT molecular complexity index is 130. The Hall–Kier alpha value is 0.910. The molecule has 0 heterocycles. The summed E-state index contributed by atoms with van der Waals surface area (Å²) in [7, 11) is 0. The van der Waals surface area contributed by atoms with Gasteiger partial charge in [0.25, 0.3) is 3.98 Å². The Morgan fingerprint density at radius 2 is 1.45 bits per heavy atom. The van der Waals surface area contributed by atoms with Crippen molar-refractivity contribution in [3.05, 3.63) is 0 Å². The van der Waals surface area contributed by atoms with Gasteiger partial charge >= 0.3 is 6.18 Å². The van der Waals surface area contributed by atoms with E-state index in [-0.39, 0.29) is 0 Å². The summed E-state index contributed by atoms with van der Waals surface area (Å²) in [6.45, 7) is 0. The number of halogens is 7. The summed E-state index contributed by atoms with van der Waals surface area (Å²) in [5, 5.41) is 0. The van der Waals surface area contributed by atoms with Crippen molar-refractivity contribution < 1.29 is 17.9 Å². The van der Waals surface area contributed by atoms with Crippen molar-refractivity contribution in [1.82, 2.24) is 0 Å². The van der Waals surface area contributed by atoms with Crippen LogP contribution < -0.4 is 0 Å². The quantitative estimate of drug-likeness (QED) is 0.649. The third-order valence-electron chi connectivity index (χ3n) is 0.494. The van der Waals surface area contributed by atoms with Gasteiger partial charge in [0.05, 0.1) is 0 Å². The molecule has 0 aromatic rings. The molecule has 0 spiro atoms. The van der Waals surface area contributed by atoms with Gasteiger partial charge in [0.15, 0.2) is 0 Å². The molecule has 0 saturated heterocycles. The van der Waals surface area contributed by atoms with E-state index in [9.17, 15) is 13.2 Å². The van der Waals surface area contributed by atoms with Crippen LogP contribution in [0.25, 0.3) is 0 Å². The van der Waals surface area contributed by atoms with E-state index in [0.717, 1.165) is 0 Å². The zero-order valence-corrected chi connectivity index (χ0v) is 7.66. The SMILES string of the molecule is FC(F)(F)C(Cl)OC(Cl)(Cl)Cl. The maximum absolute atomic E-state index is 11.5. The van der Waals surface area contributed by atoms with Crippen LogP contribution in [-0.2, 0) is 4.74 Å². The minimum absolute atomic E-state index is 2.46. The second-order valence-corrected chi connectivity index (χ2v) is 3.99. The second kappa shape index (κ2) is 3.75. The number of hydrogen-bond donors (Lipinski definition) is 0. The molecule has 0 aliphatic heterocycles. The first-order valence-corrected chi connectivity index (χ1v) is 3.65. The number of rotatable bonds is 1. The van der Waals surface area contributed by atoms with Crippen LogP contribution in [0.3, 0.4) is 0 Å². The van der Waals surface area contributed by atoms with Gasteiger partial charge in [0.1, 0.15) is 0 Å². The highest BCUT2D eigenvalue weighted by Crippen LogP contribution is 2.35. The molecular weight excluding hydrogens is 251 g/mol. The Morgan fingerprint density at radius 1 is 1.09 bits per heavy atom. The summed E-state index contributed by atoms with van der Waals surface area (Å²) >= 11 is 19.2. The van der Waals surface area contributed by atoms with E-state index < -0.39 is 15.7 Å². The van der Waals surface area contributed by atoms with Gasteiger partial charge in [-0.25, -0.2) is 0 Å². The van der Waals surface area contributed by atoms with E-state index in [4.69, 9.17) is 34.8 Å². The molecular formula is C3HCl4F3O. The Balaban J connectivity index is 3.99. The molecule has 0 aromatic carbocycles. The second-order valence-electron chi connectivity index (χ2n) is 1.42. The molecule has 11 heavy (non-hydrogen) atoms. The van der Waals surface area contributed by atoms with Crippen molar-refractivity contribution in [3.63, 3.8) is 0 Å². The van der Waals surface area contributed by atoms with Crippen molar-refractivity contribution >= 4 is 46.4 Å². The molecule has 1 atom stereocenters. The normalized spacial score (nSPS) is 16.6. The zero-order chi connectivity index (χ0) is 9.28. The summed E-state index contributed by atoms with van der Waals surface area (Å²) in [6.07, 6.45) is -4.74. The molecule has 1 nitrogen and oxygen atoms in total. The highest BCUT2D eigenvalue weighted by molar-refractivity contribution is 6.66. The van der Waals surface area contributed by atoms with Crippen molar-refractivity contribution in [2.45, 2.75) is 15.7 Å². The lowest BCUT2D eigenvalue weighted by Crippen LogP contribution is -2.30. The van der Waals surface area contributed by atoms with E-state index in [1.165, 1.54) is 0 Å². The first-order chi connectivity index (χ1) is 4.63. The van der Waals surface area contributed by atoms with Crippen molar-refractivity contribution in [3.8, 4) is 0 Å². The lowest BCUT2D eigenvalue weighted by Gasteiger charge is -2.18. The summed E-state index contributed by atoms with van der Waals surface area (Å²) in [6, 6.07) is 0. The lowest BCUT2D eigenvalue weighted by atomic mass is 10.7. The zero-order valence-electron chi connectivity index (χ0n) is 4.63. The Labute approximate surface area is 80.3 Å². The standard InChI is InChI=1S/C3HCl4F3O/c4-1(2(8,9)10)11-3(5,6)7/h1H. The van der Waals surface area contributed by atoms with Crippen LogP contribution in [0.2, 0.25) is 0 Å². The fraction of sp³-hybridized carbons (Fsp3) is 1.00. The molecule has 68 valence electrons. The molecule has 0 N–H and O–H groups in total. The summed E-state index contributed by atoms with van der Waals surface area (Å²) in [5.74, 6) is 0. The minimum Gasteiger partial charge on any atom is -0.305 e. The van der Waals surface area contributed by atoms with Crippen LogP contribution in [0.4, 0.5) is 13.2 Å². The van der Waals surface area contributed by atoms with Crippen LogP contribution in [0.15, 0.2) is 0 Å². The van der Waals surface area contributed by atoms with E-state index in [1.807, 2.05) is 0 Å². The molecule has 0 fully saturated rings. The average molecular weight is 252 g/mol. The predicted molar refractivity (Wildman–Crippen MR) is 37.1 cm³/mol. The fourth-order valence-electron chi connectivity index (χ4n) is 0.184. The van der Waals surface area contributed by atoms with Crippen LogP contribution in [0, 0.1) is 0 Å². The monoisotopic (exact) mass is 250 g/mol. The van der Waals surface area contributed by atoms with Gasteiger partial charge in [-0.3, -0.25) is 0 Å². The molecule has 0 aliphatic rings. The third kappa shape index (κ3) is 6.11. The highest BCUT2D eigenvalue weighted by Gasteiger charge is 2.43. The van der Waals surface area contributed by atoms with E-state index >= 15 is 0 Å². The summed E-state index contributed by atoms with van der Waals surface area (Å²) in [4.78, 5) is 0. The van der Waals surface area contributed by atoms with Crippen molar-refractivity contribution in [1.29, 1.82) is 0 Å². The highest BCUT2D eigenvalue weighted by atomic mass is 35.6. The molecule has 0 bridgehead atoms. The van der Waals surface area contributed by atoms with Gasteiger partial charge in [0.2, 0.25) is 5.56 Å². The van der Waals surface area contributed by atoms with E-state index in [1.54, 1.807) is 0 Å². The first-order valence-electron chi connectivity index (χ1n) is 2.08. The molecule has 0 amide bonds.